The zero-order valence-electron chi connectivity index (χ0n) is 22.1. The molecule has 0 saturated carbocycles. The van der Waals surface area contributed by atoms with E-state index in [1.165, 1.54) is 101 Å². The van der Waals surface area contributed by atoms with Crippen molar-refractivity contribution in [3.63, 3.8) is 0 Å². The number of unbranched alkanes of at least 4 members (excludes halogenated alkanes) is 13. The van der Waals surface area contributed by atoms with Gasteiger partial charge in [-0.3, -0.25) is 10.8 Å². The van der Waals surface area contributed by atoms with Crippen molar-refractivity contribution < 1.29 is 0 Å². The molecule has 0 amide bonds. The second kappa shape index (κ2) is 17.4. The van der Waals surface area contributed by atoms with Gasteiger partial charge in [-0.05, 0) is 61.1 Å². The maximum atomic E-state index is 8.10. The smallest absolute Gasteiger partial charge is 0.124 e. The van der Waals surface area contributed by atoms with E-state index in [2.05, 4.69) is 47.5 Å². The van der Waals surface area contributed by atoms with E-state index in [-0.39, 0.29) is 0 Å². The third-order valence-corrected chi connectivity index (χ3v) is 7.06. The Morgan fingerprint density at radius 1 is 0.500 bits per heavy atom. The van der Waals surface area contributed by atoms with Crippen molar-refractivity contribution in [2.24, 2.45) is 0 Å². The van der Waals surface area contributed by atoms with Crippen LogP contribution in [-0.4, -0.2) is 9.13 Å². The summed E-state index contributed by atoms with van der Waals surface area (Å²) in [5.74, 6) is 0. The van der Waals surface area contributed by atoms with Gasteiger partial charge in [0.1, 0.15) is 11.0 Å². The average Bonchev–Trinajstić information content (AvgIpc) is 2.85. The number of pyridine rings is 2. The minimum Gasteiger partial charge on any atom is -0.334 e. The molecule has 2 aromatic rings. The van der Waals surface area contributed by atoms with Gasteiger partial charge in [-0.15, -0.1) is 0 Å². The highest BCUT2D eigenvalue weighted by molar-refractivity contribution is 5.10. The quantitative estimate of drug-likeness (QED) is 0.201. The molecule has 0 aromatic carbocycles. The molecule has 4 nitrogen and oxygen atoms in total. The van der Waals surface area contributed by atoms with Gasteiger partial charge in [0.15, 0.2) is 0 Å². The summed E-state index contributed by atoms with van der Waals surface area (Å²) in [6.45, 7) is 6.26. The van der Waals surface area contributed by atoms with Crippen molar-refractivity contribution in [1.29, 1.82) is 10.8 Å². The lowest BCUT2D eigenvalue weighted by Gasteiger charge is -2.08. The lowest BCUT2D eigenvalue weighted by molar-refractivity contribution is 0.511. The molecule has 0 aliphatic heterocycles. The lowest BCUT2D eigenvalue weighted by atomic mass is 10.0. The predicted octanol–water partition coefficient (Wildman–Crippen LogP) is 7.53. The molecular weight excluding hydrogens is 416 g/mol. The number of aryl methyl sites for hydroxylation is 4. The Morgan fingerprint density at radius 2 is 0.794 bits per heavy atom. The van der Waals surface area contributed by atoms with Gasteiger partial charge in [-0.25, -0.2) is 0 Å². The summed E-state index contributed by atoms with van der Waals surface area (Å²) in [7, 11) is 0. The van der Waals surface area contributed by atoms with Gasteiger partial charge >= 0.3 is 0 Å². The van der Waals surface area contributed by atoms with Crippen molar-refractivity contribution in [2.45, 2.75) is 130 Å². The highest BCUT2D eigenvalue weighted by atomic mass is 15.0. The molecule has 0 aliphatic carbocycles. The molecule has 0 unspecified atom stereocenters. The molecule has 0 spiro atoms. The second-order valence-electron chi connectivity index (χ2n) is 9.88. The molecule has 4 heteroatoms. The summed E-state index contributed by atoms with van der Waals surface area (Å²) in [4.78, 5) is 0. The lowest BCUT2D eigenvalue weighted by Crippen LogP contribution is -2.19. The topological polar surface area (TPSA) is 57.6 Å². The molecule has 2 aromatic heterocycles. The molecular formula is C30H50N4. The van der Waals surface area contributed by atoms with Crippen LogP contribution in [0.2, 0.25) is 0 Å². The van der Waals surface area contributed by atoms with Crippen molar-refractivity contribution in [3.8, 4) is 0 Å². The molecule has 2 rings (SSSR count). The highest BCUT2D eigenvalue weighted by Gasteiger charge is 1.98. The van der Waals surface area contributed by atoms with E-state index in [0.717, 1.165) is 25.9 Å². The van der Waals surface area contributed by atoms with Crippen LogP contribution in [0.5, 0.6) is 0 Å². The van der Waals surface area contributed by atoms with Crippen molar-refractivity contribution in [2.75, 3.05) is 0 Å². The minimum atomic E-state index is 0.652. The first-order valence-electron chi connectivity index (χ1n) is 14.1. The summed E-state index contributed by atoms with van der Waals surface area (Å²) in [5, 5.41) is 16.2. The van der Waals surface area contributed by atoms with Gasteiger partial charge in [-0.2, -0.15) is 0 Å². The Hall–Kier alpha value is -2.10. The van der Waals surface area contributed by atoms with Crippen LogP contribution >= 0.6 is 0 Å². The summed E-state index contributed by atoms with van der Waals surface area (Å²) in [6, 6.07) is 8.31. The molecule has 34 heavy (non-hydrogen) atoms. The Morgan fingerprint density at radius 3 is 1.06 bits per heavy atom. The normalized spacial score (nSPS) is 11.2. The first kappa shape index (κ1) is 28.1. The van der Waals surface area contributed by atoms with E-state index in [4.69, 9.17) is 10.8 Å². The SMILES string of the molecule is CCc1ccn(CCCCCCCCCCCCCCCCn2ccc(CC)cc2=N)c(=N)c1. The summed E-state index contributed by atoms with van der Waals surface area (Å²) < 4.78 is 4.16. The van der Waals surface area contributed by atoms with Gasteiger partial charge in [0.05, 0.1) is 0 Å². The second-order valence-corrected chi connectivity index (χ2v) is 9.88. The van der Waals surface area contributed by atoms with Gasteiger partial charge < -0.3 is 9.13 Å². The fourth-order valence-corrected chi connectivity index (χ4v) is 4.66. The molecule has 2 heterocycles. The van der Waals surface area contributed by atoms with Crippen LogP contribution in [0.15, 0.2) is 36.7 Å². The third-order valence-electron chi connectivity index (χ3n) is 7.06. The predicted molar refractivity (Wildman–Crippen MR) is 144 cm³/mol. The standard InChI is InChI=1S/C30H50N4/c1-3-27-19-23-33(29(31)25-27)21-17-15-13-11-9-7-5-6-8-10-12-14-16-18-22-34-24-20-28(4-2)26-30(34)32/h19-20,23-26,31-32H,3-18,21-22H2,1-2H3. The van der Waals surface area contributed by atoms with Crippen LogP contribution in [0.3, 0.4) is 0 Å². The summed E-state index contributed by atoms with van der Waals surface area (Å²) in [5.41, 5.74) is 3.82. The van der Waals surface area contributed by atoms with Gasteiger partial charge in [0.25, 0.3) is 0 Å². The Kier molecular flexibility index (Phi) is 14.4. The Bertz CT molecular complexity index is 833. The van der Waals surface area contributed by atoms with Gasteiger partial charge in [-0.1, -0.05) is 90.9 Å². The minimum absolute atomic E-state index is 0.652. The van der Waals surface area contributed by atoms with Crippen molar-refractivity contribution in [1.82, 2.24) is 9.13 Å². The maximum Gasteiger partial charge on any atom is 0.124 e. The van der Waals surface area contributed by atoms with Crippen LogP contribution in [0.1, 0.15) is 115 Å². The van der Waals surface area contributed by atoms with E-state index in [1.54, 1.807) is 0 Å². The van der Waals surface area contributed by atoms with E-state index in [0.29, 0.717) is 11.0 Å². The number of nitrogens with one attached hydrogen (secondary N) is 2. The summed E-state index contributed by atoms with van der Waals surface area (Å²) >= 11 is 0. The van der Waals surface area contributed by atoms with E-state index >= 15 is 0 Å². The van der Waals surface area contributed by atoms with Crippen molar-refractivity contribution in [3.05, 3.63) is 58.8 Å². The molecule has 0 aliphatic rings. The molecule has 0 saturated heterocycles. The number of rotatable bonds is 19. The van der Waals surface area contributed by atoms with E-state index in [1.807, 2.05) is 12.1 Å². The number of aromatic nitrogens is 2. The fourth-order valence-electron chi connectivity index (χ4n) is 4.66. The molecule has 0 bridgehead atoms. The van der Waals surface area contributed by atoms with Crippen molar-refractivity contribution >= 4 is 0 Å². The van der Waals surface area contributed by atoms with Gasteiger partial charge in [0, 0.05) is 25.5 Å². The van der Waals surface area contributed by atoms with E-state index < -0.39 is 0 Å². The highest BCUT2D eigenvalue weighted by Crippen LogP contribution is 2.13. The van der Waals surface area contributed by atoms with Crippen LogP contribution in [0.25, 0.3) is 0 Å². The Labute approximate surface area is 208 Å². The van der Waals surface area contributed by atoms with Crippen LogP contribution in [0.4, 0.5) is 0 Å². The number of hydrogen-bond acceptors (Lipinski definition) is 2. The molecule has 0 atom stereocenters. The molecule has 0 radical (unpaired) electrons. The summed E-state index contributed by atoms with van der Waals surface area (Å²) in [6.07, 6.45) is 24.9. The fraction of sp³-hybridized carbons (Fsp3) is 0.667. The van der Waals surface area contributed by atoms with Crippen LogP contribution in [-0.2, 0) is 25.9 Å². The monoisotopic (exact) mass is 466 g/mol. The first-order chi connectivity index (χ1) is 16.6. The first-order valence-corrected chi connectivity index (χ1v) is 14.1. The molecule has 0 fully saturated rings. The number of hydrogen-bond donors (Lipinski definition) is 2. The zero-order valence-corrected chi connectivity index (χ0v) is 22.1. The molecule has 190 valence electrons. The Balaban J connectivity index is 1.34. The largest absolute Gasteiger partial charge is 0.334 e. The van der Waals surface area contributed by atoms with E-state index in [9.17, 15) is 0 Å². The number of nitrogens with zero attached hydrogens (tertiary/aromatic N) is 2. The average molecular weight is 467 g/mol. The van der Waals surface area contributed by atoms with Crippen LogP contribution < -0.4 is 11.0 Å². The van der Waals surface area contributed by atoms with Crippen LogP contribution in [0, 0.1) is 10.8 Å². The maximum absolute atomic E-state index is 8.10. The third kappa shape index (κ3) is 11.4. The molecule has 2 N–H and O–H groups in total. The van der Waals surface area contributed by atoms with Gasteiger partial charge in [0.2, 0.25) is 0 Å². The zero-order chi connectivity index (χ0) is 24.4.